The number of benzene rings is 1. The van der Waals surface area contributed by atoms with Crippen molar-refractivity contribution in [1.82, 2.24) is 4.31 Å². The fourth-order valence-corrected chi connectivity index (χ4v) is 4.01. The average Bonchev–Trinajstić information content (AvgIpc) is 2.39. The Bertz CT molecular complexity index is 511. The Balaban J connectivity index is 3.23. The molecule has 108 valence electrons. The number of sulfonamides is 1. The molecule has 0 amide bonds. The van der Waals surface area contributed by atoms with Gasteiger partial charge in [-0.25, -0.2) is 8.42 Å². The molecular formula is C13H21ClN2O2S. The van der Waals surface area contributed by atoms with E-state index >= 15 is 0 Å². The zero-order valence-electron chi connectivity index (χ0n) is 11.4. The number of hydrogen-bond donors (Lipinski definition) is 1. The molecule has 0 spiro atoms. The first kappa shape index (κ1) is 16.4. The highest BCUT2D eigenvalue weighted by molar-refractivity contribution is 7.89. The first-order valence-electron chi connectivity index (χ1n) is 6.46. The zero-order valence-corrected chi connectivity index (χ0v) is 13.0. The second-order valence-electron chi connectivity index (χ2n) is 4.37. The van der Waals surface area contributed by atoms with E-state index in [0.717, 1.165) is 18.4 Å². The van der Waals surface area contributed by atoms with Crippen LogP contribution in [0.5, 0.6) is 0 Å². The largest absolute Gasteiger partial charge is 0.326 e. The van der Waals surface area contributed by atoms with Crippen LogP contribution in [-0.4, -0.2) is 25.8 Å². The van der Waals surface area contributed by atoms with Crippen molar-refractivity contribution in [3.8, 4) is 0 Å². The average molecular weight is 305 g/mol. The molecule has 0 aromatic heterocycles. The lowest BCUT2D eigenvalue weighted by molar-refractivity contribution is 0.410. The Hall–Kier alpha value is -0.620. The SMILES string of the molecule is CCCN(CCC)S(=O)(=O)c1cc(CN)ccc1Cl. The first-order valence-corrected chi connectivity index (χ1v) is 8.27. The third-order valence-electron chi connectivity index (χ3n) is 2.80. The first-order chi connectivity index (χ1) is 8.97. The molecule has 0 aliphatic rings. The number of nitrogens with two attached hydrogens (primary N) is 1. The highest BCUT2D eigenvalue weighted by Crippen LogP contribution is 2.26. The van der Waals surface area contributed by atoms with Gasteiger partial charge >= 0.3 is 0 Å². The van der Waals surface area contributed by atoms with Gasteiger partial charge in [0.15, 0.2) is 0 Å². The van der Waals surface area contributed by atoms with Crippen LogP contribution in [0.25, 0.3) is 0 Å². The van der Waals surface area contributed by atoms with Gasteiger partial charge in [0, 0.05) is 19.6 Å². The number of rotatable bonds is 7. The summed E-state index contributed by atoms with van der Waals surface area (Å²) < 4.78 is 26.7. The van der Waals surface area contributed by atoms with Crippen LogP contribution >= 0.6 is 11.6 Å². The molecule has 0 saturated heterocycles. The molecule has 0 bridgehead atoms. The molecule has 0 atom stereocenters. The fourth-order valence-electron chi connectivity index (χ4n) is 1.86. The van der Waals surface area contributed by atoms with Crippen molar-refractivity contribution in [2.45, 2.75) is 38.1 Å². The normalized spacial score (nSPS) is 12.1. The van der Waals surface area contributed by atoms with Gasteiger partial charge in [-0.15, -0.1) is 0 Å². The van der Waals surface area contributed by atoms with E-state index in [1.165, 1.54) is 4.31 Å². The molecule has 0 unspecified atom stereocenters. The monoisotopic (exact) mass is 304 g/mol. The Kier molecular flexibility index (Phi) is 6.26. The second kappa shape index (κ2) is 7.24. The summed E-state index contributed by atoms with van der Waals surface area (Å²) in [7, 11) is -3.54. The highest BCUT2D eigenvalue weighted by atomic mass is 35.5. The number of hydrogen-bond acceptors (Lipinski definition) is 3. The number of nitrogens with zero attached hydrogens (tertiary/aromatic N) is 1. The van der Waals surface area contributed by atoms with Gasteiger partial charge < -0.3 is 5.73 Å². The van der Waals surface area contributed by atoms with Crippen molar-refractivity contribution in [2.75, 3.05) is 13.1 Å². The van der Waals surface area contributed by atoms with Crippen LogP contribution in [0.4, 0.5) is 0 Å². The quantitative estimate of drug-likeness (QED) is 0.842. The van der Waals surface area contributed by atoms with Gasteiger partial charge in [0.1, 0.15) is 4.90 Å². The molecule has 0 aliphatic heterocycles. The van der Waals surface area contributed by atoms with Gasteiger partial charge in [0.25, 0.3) is 0 Å². The molecular weight excluding hydrogens is 284 g/mol. The summed E-state index contributed by atoms with van der Waals surface area (Å²) in [5.74, 6) is 0. The molecule has 0 heterocycles. The maximum absolute atomic E-state index is 12.6. The lowest BCUT2D eigenvalue weighted by Gasteiger charge is -2.22. The van der Waals surface area contributed by atoms with Crippen molar-refractivity contribution in [3.63, 3.8) is 0 Å². The van der Waals surface area contributed by atoms with E-state index in [4.69, 9.17) is 17.3 Å². The van der Waals surface area contributed by atoms with Crippen LogP contribution < -0.4 is 5.73 Å². The minimum absolute atomic E-state index is 0.152. The minimum atomic E-state index is -3.54. The summed E-state index contributed by atoms with van der Waals surface area (Å²) in [6, 6.07) is 4.90. The van der Waals surface area contributed by atoms with Crippen molar-refractivity contribution < 1.29 is 8.42 Å². The summed E-state index contributed by atoms with van der Waals surface area (Å²) in [5.41, 5.74) is 6.31. The Morgan fingerprint density at radius 2 is 1.79 bits per heavy atom. The van der Waals surface area contributed by atoms with Crippen LogP contribution in [0.3, 0.4) is 0 Å². The lowest BCUT2D eigenvalue weighted by Crippen LogP contribution is -2.32. The maximum atomic E-state index is 12.6. The van der Waals surface area contributed by atoms with Crippen LogP contribution in [0, 0.1) is 0 Å². The van der Waals surface area contributed by atoms with Crippen molar-refractivity contribution in [3.05, 3.63) is 28.8 Å². The molecule has 19 heavy (non-hydrogen) atoms. The van der Waals surface area contributed by atoms with Crippen LogP contribution in [0.15, 0.2) is 23.1 Å². The molecule has 0 fully saturated rings. The molecule has 0 aliphatic carbocycles. The van der Waals surface area contributed by atoms with Crippen molar-refractivity contribution in [1.29, 1.82) is 0 Å². The molecule has 1 aromatic carbocycles. The van der Waals surface area contributed by atoms with Gasteiger partial charge in [0.05, 0.1) is 5.02 Å². The second-order valence-corrected chi connectivity index (χ2v) is 6.69. The van der Waals surface area contributed by atoms with Crippen molar-refractivity contribution >= 4 is 21.6 Å². The van der Waals surface area contributed by atoms with E-state index in [2.05, 4.69) is 0 Å². The predicted molar refractivity (Wildman–Crippen MR) is 78.7 cm³/mol. The van der Waals surface area contributed by atoms with Gasteiger partial charge in [-0.3, -0.25) is 0 Å². The summed E-state index contributed by atoms with van der Waals surface area (Å²) in [5, 5.41) is 0.245. The van der Waals surface area contributed by atoms with E-state index in [9.17, 15) is 8.42 Å². The summed E-state index contributed by atoms with van der Waals surface area (Å²) in [6.45, 7) is 5.20. The molecule has 4 nitrogen and oxygen atoms in total. The van der Waals surface area contributed by atoms with Crippen LogP contribution in [0.2, 0.25) is 5.02 Å². The predicted octanol–water partition coefficient (Wildman–Crippen LogP) is 2.61. The fraction of sp³-hybridized carbons (Fsp3) is 0.538. The number of halogens is 1. The lowest BCUT2D eigenvalue weighted by atomic mass is 10.2. The standard InChI is InChI=1S/C13H21ClN2O2S/c1-3-7-16(8-4-2)19(17,18)13-9-11(10-15)5-6-12(13)14/h5-6,9H,3-4,7-8,10,15H2,1-2H3. The van der Waals surface area contributed by atoms with Gasteiger partial charge in [0.2, 0.25) is 10.0 Å². The van der Waals surface area contributed by atoms with Gasteiger partial charge in [-0.2, -0.15) is 4.31 Å². The van der Waals surface area contributed by atoms with E-state index in [1.807, 2.05) is 13.8 Å². The van der Waals surface area contributed by atoms with Gasteiger partial charge in [-0.1, -0.05) is 31.5 Å². The molecule has 2 N–H and O–H groups in total. The third kappa shape index (κ3) is 3.92. The third-order valence-corrected chi connectivity index (χ3v) is 5.18. The summed E-state index contributed by atoms with van der Waals surface area (Å²) >= 11 is 6.04. The van der Waals surface area contributed by atoms with E-state index in [1.54, 1.807) is 18.2 Å². The smallest absolute Gasteiger partial charge is 0.244 e. The molecule has 0 saturated carbocycles. The Morgan fingerprint density at radius 3 is 2.26 bits per heavy atom. The van der Waals surface area contributed by atoms with Crippen LogP contribution in [0.1, 0.15) is 32.3 Å². The molecule has 0 radical (unpaired) electrons. The molecule has 1 rings (SSSR count). The summed E-state index contributed by atoms with van der Waals surface area (Å²) in [6.07, 6.45) is 1.54. The van der Waals surface area contributed by atoms with E-state index in [0.29, 0.717) is 19.6 Å². The van der Waals surface area contributed by atoms with Gasteiger partial charge in [-0.05, 0) is 30.5 Å². The highest BCUT2D eigenvalue weighted by Gasteiger charge is 2.25. The Labute approximate surface area is 120 Å². The Morgan fingerprint density at radius 1 is 1.21 bits per heavy atom. The van der Waals surface area contributed by atoms with Crippen LogP contribution in [-0.2, 0) is 16.6 Å². The molecule has 1 aromatic rings. The van der Waals surface area contributed by atoms with E-state index < -0.39 is 10.0 Å². The molecule has 6 heteroatoms. The maximum Gasteiger partial charge on any atom is 0.244 e. The summed E-state index contributed by atoms with van der Waals surface area (Å²) in [4.78, 5) is 0.152. The van der Waals surface area contributed by atoms with E-state index in [-0.39, 0.29) is 9.92 Å². The minimum Gasteiger partial charge on any atom is -0.326 e. The van der Waals surface area contributed by atoms with Crippen molar-refractivity contribution in [2.24, 2.45) is 5.73 Å². The zero-order chi connectivity index (χ0) is 14.5. The topological polar surface area (TPSA) is 63.4 Å².